The SMILES string of the molecule is O=C(c1ccc(I)cc1)N1CCN(c2ccc(-n3cccn3)nn2)CC1. The molecule has 0 spiro atoms. The zero-order valence-electron chi connectivity index (χ0n) is 14.0. The summed E-state index contributed by atoms with van der Waals surface area (Å²) >= 11 is 2.24. The van der Waals surface area contributed by atoms with E-state index in [4.69, 9.17) is 0 Å². The van der Waals surface area contributed by atoms with Gasteiger partial charge in [0.1, 0.15) is 0 Å². The van der Waals surface area contributed by atoms with Gasteiger partial charge in [0.2, 0.25) is 0 Å². The number of anilines is 1. The second kappa shape index (κ2) is 7.40. The maximum atomic E-state index is 12.6. The van der Waals surface area contributed by atoms with E-state index in [9.17, 15) is 4.79 Å². The third-order valence-electron chi connectivity index (χ3n) is 4.36. The topological polar surface area (TPSA) is 67.2 Å². The van der Waals surface area contributed by atoms with E-state index in [1.165, 1.54) is 0 Å². The van der Waals surface area contributed by atoms with E-state index in [2.05, 4.69) is 42.8 Å². The number of rotatable bonds is 3. The molecule has 0 saturated carbocycles. The van der Waals surface area contributed by atoms with Crippen LogP contribution in [0.5, 0.6) is 0 Å². The van der Waals surface area contributed by atoms with Crippen molar-refractivity contribution in [2.45, 2.75) is 0 Å². The van der Waals surface area contributed by atoms with E-state index in [0.717, 1.165) is 28.0 Å². The Morgan fingerprint density at radius 3 is 2.23 bits per heavy atom. The highest BCUT2D eigenvalue weighted by molar-refractivity contribution is 14.1. The number of carbonyl (C=O) groups excluding carboxylic acids is 1. The van der Waals surface area contributed by atoms with Crippen molar-refractivity contribution in [3.8, 4) is 5.82 Å². The highest BCUT2D eigenvalue weighted by Crippen LogP contribution is 2.16. The quantitative estimate of drug-likeness (QED) is 0.561. The fraction of sp³-hybridized carbons (Fsp3) is 0.222. The predicted molar refractivity (Wildman–Crippen MR) is 106 cm³/mol. The van der Waals surface area contributed by atoms with E-state index >= 15 is 0 Å². The minimum Gasteiger partial charge on any atom is -0.352 e. The fourth-order valence-electron chi connectivity index (χ4n) is 2.93. The Bertz CT molecular complexity index is 871. The van der Waals surface area contributed by atoms with Gasteiger partial charge >= 0.3 is 0 Å². The molecule has 0 radical (unpaired) electrons. The summed E-state index contributed by atoms with van der Waals surface area (Å²) in [4.78, 5) is 16.6. The number of nitrogens with zero attached hydrogens (tertiary/aromatic N) is 6. The zero-order chi connectivity index (χ0) is 17.9. The van der Waals surface area contributed by atoms with Crippen molar-refractivity contribution in [2.24, 2.45) is 0 Å². The predicted octanol–water partition coefficient (Wildman–Crippen LogP) is 2.23. The molecule has 1 aromatic carbocycles. The van der Waals surface area contributed by atoms with Crippen molar-refractivity contribution in [1.82, 2.24) is 24.9 Å². The van der Waals surface area contributed by atoms with Crippen molar-refractivity contribution < 1.29 is 4.79 Å². The van der Waals surface area contributed by atoms with E-state index in [0.29, 0.717) is 18.9 Å². The number of carbonyl (C=O) groups is 1. The molecule has 0 atom stereocenters. The molecule has 0 bridgehead atoms. The highest BCUT2D eigenvalue weighted by Gasteiger charge is 2.23. The van der Waals surface area contributed by atoms with Crippen LogP contribution in [0.2, 0.25) is 0 Å². The molecular formula is C18H17IN6O. The number of aromatic nitrogens is 4. The van der Waals surface area contributed by atoms with Crippen molar-refractivity contribution in [1.29, 1.82) is 0 Å². The van der Waals surface area contributed by atoms with Gasteiger partial charge in [0, 0.05) is 47.7 Å². The van der Waals surface area contributed by atoms with Crippen LogP contribution in [0, 0.1) is 3.57 Å². The number of benzene rings is 1. The van der Waals surface area contributed by atoms with E-state index in [1.807, 2.05) is 53.6 Å². The second-order valence-corrected chi connectivity index (χ2v) is 7.23. The Balaban J connectivity index is 1.39. The Kier molecular flexibility index (Phi) is 4.83. The van der Waals surface area contributed by atoms with Crippen LogP contribution in [0.1, 0.15) is 10.4 Å². The molecule has 0 N–H and O–H groups in total. The van der Waals surface area contributed by atoms with Gasteiger partial charge in [0.15, 0.2) is 11.6 Å². The Morgan fingerprint density at radius 2 is 1.62 bits per heavy atom. The summed E-state index contributed by atoms with van der Waals surface area (Å²) < 4.78 is 2.80. The second-order valence-electron chi connectivity index (χ2n) is 5.99. The average molecular weight is 460 g/mol. The third-order valence-corrected chi connectivity index (χ3v) is 5.08. The lowest BCUT2D eigenvalue weighted by Gasteiger charge is -2.35. The van der Waals surface area contributed by atoms with Gasteiger partial charge < -0.3 is 9.80 Å². The lowest BCUT2D eigenvalue weighted by molar-refractivity contribution is 0.0746. The molecule has 1 fully saturated rings. The zero-order valence-corrected chi connectivity index (χ0v) is 16.2. The van der Waals surface area contributed by atoms with Crippen LogP contribution in [-0.2, 0) is 0 Å². The summed E-state index contributed by atoms with van der Waals surface area (Å²) in [5.41, 5.74) is 0.738. The molecule has 2 aromatic heterocycles. The lowest BCUT2D eigenvalue weighted by atomic mass is 10.2. The first-order valence-corrected chi connectivity index (χ1v) is 9.42. The van der Waals surface area contributed by atoms with Crippen LogP contribution in [0.25, 0.3) is 5.82 Å². The molecular weight excluding hydrogens is 443 g/mol. The van der Waals surface area contributed by atoms with Gasteiger partial charge in [-0.3, -0.25) is 4.79 Å². The molecule has 4 rings (SSSR count). The molecule has 3 aromatic rings. The van der Waals surface area contributed by atoms with Gasteiger partial charge in [0.25, 0.3) is 5.91 Å². The van der Waals surface area contributed by atoms with Crippen molar-refractivity contribution >= 4 is 34.3 Å². The van der Waals surface area contributed by atoms with Crippen LogP contribution in [0.3, 0.4) is 0 Å². The van der Waals surface area contributed by atoms with Crippen LogP contribution < -0.4 is 4.90 Å². The maximum absolute atomic E-state index is 12.6. The maximum Gasteiger partial charge on any atom is 0.253 e. The van der Waals surface area contributed by atoms with Crippen LogP contribution >= 0.6 is 22.6 Å². The highest BCUT2D eigenvalue weighted by atomic mass is 127. The monoisotopic (exact) mass is 460 g/mol. The van der Waals surface area contributed by atoms with E-state index < -0.39 is 0 Å². The molecule has 1 amide bonds. The first-order valence-electron chi connectivity index (χ1n) is 8.34. The van der Waals surface area contributed by atoms with Crippen LogP contribution in [0.4, 0.5) is 5.82 Å². The van der Waals surface area contributed by atoms with Gasteiger partial charge in [-0.2, -0.15) is 5.10 Å². The Hall–Kier alpha value is -2.49. The Labute approximate surface area is 164 Å². The smallest absolute Gasteiger partial charge is 0.253 e. The standard InChI is InChI=1S/C18H17IN6O/c19-15-4-2-14(3-5-15)18(26)24-12-10-23(11-13-24)16-6-7-17(22-21-16)25-9-1-8-20-25/h1-9H,10-13H2. The first-order chi connectivity index (χ1) is 12.7. The molecule has 8 heteroatoms. The van der Waals surface area contributed by atoms with Crippen LogP contribution in [-0.4, -0.2) is 57.0 Å². The lowest BCUT2D eigenvalue weighted by Crippen LogP contribution is -2.49. The third kappa shape index (κ3) is 3.55. The molecule has 0 aliphatic carbocycles. The summed E-state index contributed by atoms with van der Waals surface area (Å²) in [5.74, 6) is 1.59. The normalized spacial score (nSPS) is 14.5. The largest absolute Gasteiger partial charge is 0.352 e. The Morgan fingerprint density at radius 1 is 0.923 bits per heavy atom. The molecule has 3 heterocycles. The van der Waals surface area contributed by atoms with Crippen molar-refractivity contribution in [3.05, 3.63) is 64.0 Å². The molecule has 132 valence electrons. The van der Waals surface area contributed by atoms with Crippen molar-refractivity contribution in [2.75, 3.05) is 31.1 Å². The van der Waals surface area contributed by atoms with Crippen molar-refractivity contribution in [3.63, 3.8) is 0 Å². The first kappa shape index (κ1) is 17.0. The summed E-state index contributed by atoms with van der Waals surface area (Å²) in [6, 6.07) is 13.4. The number of amides is 1. The number of hydrogen-bond donors (Lipinski definition) is 0. The van der Waals surface area contributed by atoms with Gasteiger partial charge in [0.05, 0.1) is 0 Å². The molecule has 0 unspecified atom stereocenters. The molecule has 1 saturated heterocycles. The summed E-state index contributed by atoms with van der Waals surface area (Å²) in [5, 5.41) is 12.7. The molecule has 1 aliphatic heterocycles. The summed E-state index contributed by atoms with van der Waals surface area (Å²) in [7, 11) is 0. The van der Waals surface area contributed by atoms with Crippen LogP contribution in [0.15, 0.2) is 54.9 Å². The summed E-state index contributed by atoms with van der Waals surface area (Å²) in [6.45, 7) is 2.83. The summed E-state index contributed by atoms with van der Waals surface area (Å²) in [6.07, 6.45) is 3.54. The number of hydrogen-bond acceptors (Lipinski definition) is 5. The molecule has 26 heavy (non-hydrogen) atoms. The molecule has 1 aliphatic rings. The minimum atomic E-state index is 0.0844. The fourth-order valence-corrected chi connectivity index (χ4v) is 3.29. The number of halogens is 1. The van der Waals surface area contributed by atoms with Gasteiger partial charge in [-0.15, -0.1) is 10.2 Å². The average Bonchev–Trinajstić information content (AvgIpc) is 3.23. The van der Waals surface area contributed by atoms with E-state index in [1.54, 1.807) is 10.9 Å². The van der Waals surface area contributed by atoms with Gasteiger partial charge in [-0.1, -0.05) is 0 Å². The van der Waals surface area contributed by atoms with E-state index in [-0.39, 0.29) is 5.91 Å². The minimum absolute atomic E-state index is 0.0844. The molecule has 7 nitrogen and oxygen atoms in total. The number of piperazine rings is 1. The van der Waals surface area contributed by atoms with Gasteiger partial charge in [-0.05, 0) is 65.1 Å². The van der Waals surface area contributed by atoms with Gasteiger partial charge in [-0.25, -0.2) is 4.68 Å².